The summed E-state index contributed by atoms with van der Waals surface area (Å²) in [6.07, 6.45) is -0.0391. The number of halogens is 1. The van der Waals surface area contributed by atoms with Crippen LogP contribution in [0.15, 0.2) is 64.9 Å². The van der Waals surface area contributed by atoms with E-state index < -0.39 is 15.9 Å². The van der Waals surface area contributed by atoms with Crippen molar-refractivity contribution in [3.63, 3.8) is 0 Å². The number of thiazole rings is 1. The summed E-state index contributed by atoms with van der Waals surface area (Å²) in [5.74, 6) is -0.519. The summed E-state index contributed by atoms with van der Waals surface area (Å²) >= 11 is 7.21. The molecule has 9 heteroatoms. The lowest BCUT2D eigenvalue weighted by Crippen LogP contribution is -2.42. The van der Waals surface area contributed by atoms with Gasteiger partial charge < -0.3 is 0 Å². The van der Waals surface area contributed by atoms with Gasteiger partial charge in [-0.3, -0.25) is 10.2 Å². The van der Waals surface area contributed by atoms with Gasteiger partial charge >= 0.3 is 0 Å². The van der Waals surface area contributed by atoms with Crippen molar-refractivity contribution in [3.05, 3.63) is 70.0 Å². The van der Waals surface area contributed by atoms with Crippen molar-refractivity contribution in [2.75, 3.05) is 0 Å². The molecule has 0 spiro atoms. The van der Waals surface area contributed by atoms with E-state index in [-0.39, 0.29) is 16.3 Å². The minimum atomic E-state index is -3.95. The number of aromatic nitrogens is 1. The average molecular weight is 408 g/mol. The first-order valence-corrected chi connectivity index (χ1v) is 10.2. The van der Waals surface area contributed by atoms with Gasteiger partial charge in [0.15, 0.2) is 0 Å². The summed E-state index contributed by atoms with van der Waals surface area (Å²) in [6.45, 7) is 0. The minimum Gasteiger partial charge on any atom is -0.277 e. The van der Waals surface area contributed by atoms with Gasteiger partial charge in [-0.05, 0) is 12.1 Å². The summed E-state index contributed by atoms with van der Waals surface area (Å²) in [6, 6.07) is 15.6. The third-order valence-corrected chi connectivity index (χ3v) is 5.98. The van der Waals surface area contributed by atoms with Crippen molar-refractivity contribution in [2.45, 2.75) is 11.3 Å². The Morgan fingerprint density at radius 2 is 1.77 bits per heavy atom. The molecular weight excluding hydrogens is 394 g/mol. The highest BCUT2D eigenvalue weighted by Gasteiger charge is 2.18. The first kappa shape index (κ1) is 18.5. The maximum Gasteiger partial charge on any atom is 0.258 e. The van der Waals surface area contributed by atoms with Crippen LogP contribution in [0.5, 0.6) is 0 Å². The maximum atomic E-state index is 12.2. The van der Waals surface area contributed by atoms with Crippen molar-refractivity contribution in [1.82, 2.24) is 15.2 Å². The second-order valence-electron chi connectivity index (χ2n) is 5.25. The van der Waals surface area contributed by atoms with Crippen LogP contribution in [0.2, 0.25) is 5.02 Å². The zero-order valence-electron chi connectivity index (χ0n) is 13.3. The van der Waals surface area contributed by atoms with E-state index in [4.69, 9.17) is 11.6 Å². The predicted octanol–water partition coefficient (Wildman–Crippen LogP) is 3.02. The van der Waals surface area contributed by atoms with E-state index >= 15 is 0 Å². The molecule has 2 aromatic carbocycles. The number of hydrogen-bond acceptors (Lipinski definition) is 5. The molecule has 134 valence electrons. The lowest BCUT2D eigenvalue weighted by molar-refractivity contribution is -0.120. The number of hydrogen-bond donors (Lipinski definition) is 2. The maximum absolute atomic E-state index is 12.2. The number of nitrogens with zero attached hydrogens (tertiary/aromatic N) is 1. The van der Waals surface area contributed by atoms with Gasteiger partial charge in [0.2, 0.25) is 5.91 Å². The van der Waals surface area contributed by atoms with Crippen molar-refractivity contribution >= 4 is 38.9 Å². The van der Waals surface area contributed by atoms with E-state index in [0.29, 0.717) is 5.01 Å². The standard InChI is InChI=1S/C17H14ClN3O3S2/c18-13-8-4-5-9-15(13)26(23,24)21-20-16(22)10-17-19-14(11-25-17)12-6-2-1-3-7-12/h1-9,11,21H,10H2,(H,20,22). The van der Waals surface area contributed by atoms with Gasteiger partial charge in [0.05, 0.1) is 17.1 Å². The molecule has 1 heterocycles. The minimum absolute atomic E-state index is 0.0391. The van der Waals surface area contributed by atoms with Gasteiger partial charge in [0.1, 0.15) is 9.90 Å². The quantitative estimate of drug-likeness (QED) is 0.615. The largest absolute Gasteiger partial charge is 0.277 e. The number of benzene rings is 2. The molecule has 0 saturated heterocycles. The molecule has 0 atom stereocenters. The third kappa shape index (κ3) is 4.47. The number of hydrazine groups is 1. The van der Waals surface area contributed by atoms with Crippen molar-refractivity contribution in [3.8, 4) is 11.3 Å². The molecule has 6 nitrogen and oxygen atoms in total. The Bertz CT molecular complexity index is 1020. The first-order chi connectivity index (χ1) is 12.5. The molecule has 0 aliphatic heterocycles. The van der Waals surface area contributed by atoms with Crippen molar-refractivity contribution < 1.29 is 13.2 Å². The third-order valence-electron chi connectivity index (χ3n) is 3.38. The SMILES string of the molecule is O=C(Cc1nc(-c2ccccc2)cs1)NNS(=O)(=O)c1ccccc1Cl. The summed E-state index contributed by atoms with van der Waals surface area (Å²) in [5.41, 5.74) is 3.90. The second kappa shape index (κ2) is 7.96. The molecule has 26 heavy (non-hydrogen) atoms. The average Bonchev–Trinajstić information content (AvgIpc) is 3.09. The number of sulfonamides is 1. The van der Waals surface area contributed by atoms with Crippen LogP contribution in [-0.2, 0) is 21.2 Å². The zero-order chi connectivity index (χ0) is 18.6. The van der Waals surface area contributed by atoms with Crippen LogP contribution < -0.4 is 10.3 Å². The Kier molecular flexibility index (Phi) is 5.67. The summed E-state index contributed by atoms with van der Waals surface area (Å²) in [5, 5.41) is 2.51. The molecule has 0 radical (unpaired) electrons. The number of nitrogens with one attached hydrogen (secondary N) is 2. The smallest absolute Gasteiger partial charge is 0.258 e. The first-order valence-electron chi connectivity index (χ1n) is 7.51. The number of amides is 1. The highest BCUT2D eigenvalue weighted by atomic mass is 35.5. The fourth-order valence-corrected chi connectivity index (χ4v) is 4.34. The summed E-state index contributed by atoms with van der Waals surface area (Å²) < 4.78 is 24.4. The van der Waals surface area contributed by atoms with Crippen molar-refractivity contribution in [2.24, 2.45) is 0 Å². The molecule has 0 saturated carbocycles. The molecule has 3 aromatic rings. The highest BCUT2D eigenvalue weighted by Crippen LogP contribution is 2.22. The zero-order valence-corrected chi connectivity index (χ0v) is 15.7. The lowest BCUT2D eigenvalue weighted by Gasteiger charge is -2.08. The summed E-state index contributed by atoms with van der Waals surface area (Å²) in [4.78, 5) is 18.3. The van der Waals surface area contributed by atoms with E-state index in [2.05, 4.69) is 10.4 Å². The van der Waals surface area contributed by atoms with E-state index in [1.807, 2.05) is 40.5 Å². The van der Waals surface area contributed by atoms with Crippen LogP contribution in [0, 0.1) is 0 Å². The lowest BCUT2D eigenvalue weighted by atomic mass is 10.2. The van der Waals surface area contributed by atoms with Gasteiger partial charge in [-0.25, -0.2) is 13.4 Å². The molecule has 0 bridgehead atoms. The van der Waals surface area contributed by atoms with E-state index in [0.717, 1.165) is 11.3 Å². The number of rotatable bonds is 6. The van der Waals surface area contributed by atoms with Crippen LogP contribution >= 0.6 is 22.9 Å². The molecule has 2 N–H and O–H groups in total. The molecule has 0 aliphatic carbocycles. The molecular formula is C17H14ClN3O3S2. The van der Waals surface area contributed by atoms with E-state index in [1.54, 1.807) is 12.1 Å². The van der Waals surface area contributed by atoms with Gasteiger partial charge in [-0.1, -0.05) is 54.1 Å². The highest BCUT2D eigenvalue weighted by molar-refractivity contribution is 7.89. The van der Waals surface area contributed by atoms with Gasteiger partial charge in [0.25, 0.3) is 10.0 Å². The second-order valence-corrected chi connectivity index (χ2v) is 8.25. The van der Waals surface area contributed by atoms with Gasteiger partial charge in [-0.2, -0.15) is 0 Å². The number of carbonyl (C=O) groups is 1. The Hall–Kier alpha value is -2.26. The molecule has 1 amide bonds. The number of carbonyl (C=O) groups excluding carboxylic acids is 1. The topological polar surface area (TPSA) is 88.2 Å². The van der Waals surface area contributed by atoms with E-state index in [9.17, 15) is 13.2 Å². The van der Waals surface area contributed by atoms with Crippen LogP contribution in [0.1, 0.15) is 5.01 Å². The molecule has 0 aliphatic rings. The Morgan fingerprint density at radius 3 is 2.50 bits per heavy atom. The van der Waals surface area contributed by atoms with Crippen molar-refractivity contribution in [1.29, 1.82) is 0 Å². The summed E-state index contributed by atoms with van der Waals surface area (Å²) in [7, 11) is -3.95. The Labute approximate surface area is 159 Å². The van der Waals surface area contributed by atoms with Gasteiger partial charge in [0, 0.05) is 10.9 Å². The molecule has 0 fully saturated rings. The van der Waals surface area contributed by atoms with Crippen LogP contribution in [0.4, 0.5) is 0 Å². The predicted molar refractivity (Wildman–Crippen MR) is 101 cm³/mol. The van der Waals surface area contributed by atoms with Crippen LogP contribution in [-0.4, -0.2) is 19.3 Å². The monoisotopic (exact) mass is 407 g/mol. The fourth-order valence-electron chi connectivity index (χ4n) is 2.16. The molecule has 0 unspecified atom stereocenters. The fraction of sp³-hybridized carbons (Fsp3) is 0.0588. The molecule has 3 rings (SSSR count). The normalized spacial score (nSPS) is 11.3. The van der Waals surface area contributed by atoms with E-state index in [1.165, 1.54) is 23.5 Å². The van der Waals surface area contributed by atoms with Gasteiger partial charge in [-0.15, -0.1) is 16.2 Å². The Balaban J connectivity index is 1.61. The Morgan fingerprint density at radius 1 is 1.08 bits per heavy atom. The van der Waals surface area contributed by atoms with Crippen LogP contribution in [0.3, 0.4) is 0 Å². The molecule has 1 aromatic heterocycles. The van der Waals surface area contributed by atoms with Crippen LogP contribution in [0.25, 0.3) is 11.3 Å².